The van der Waals surface area contributed by atoms with Gasteiger partial charge in [-0.3, -0.25) is 0 Å². The van der Waals surface area contributed by atoms with Crippen molar-refractivity contribution in [2.24, 2.45) is 5.92 Å². The van der Waals surface area contributed by atoms with E-state index in [9.17, 15) is 0 Å². The first-order valence-corrected chi connectivity index (χ1v) is 20.6. The molecule has 0 aliphatic heterocycles. The molecular formula is C52H49NS. The molecule has 2 aromatic heterocycles. The van der Waals surface area contributed by atoms with Crippen LogP contribution in [0.15, 0.2) is 115 Å². The van der Waals surface area contributed by atoms with Gasteiger partial charge in [0.1, 0.15) is 0 Å². The summed E-state index contributed by atoms with van der Waals surface area (Å²) in [5.41, 5.74) is 18.5. The number of hydrogen-bond donors (Lipinski definition) is 0. The third kappa shape index (κ3) is 5.33. The normalized spacial score (nSPS) is 15.8. The summed E-state index contributed by atoms with van der Waals surface area (Å²) < 4.78 is 3.94. The monoisotopic (exact) mass is 719 g/mol. The van der Waals surface area contributed by atoms with Gasteiger partial charge in [0, 0.05) is 36.8 Å². The lowest BCUT2D eigenvalue weighted by molar-refractivity contribution is 0.665. The van der Waals surface area contributed by atoms with E-state index in [1.54, 1.807) is 0 Å². The highest BCUT2D eigenvalue weighted by Crippen LogP contribution is 2.54. The molecule has 2 heterocycles. The molecule has 7 aromatic rings. The fourth-order valence-corrected chi connectivity index (χ4v) is 10.5. The summed E-state index contributed by atoms with van der Waals surface area (Å²) in [6, 6.07) is 35.0. The van der Waals surface area contributed by atoms with E-state index in [-0.39, 0.29) is 5.41 Å². The topological polar surface area (TPSA) is 4.93 Å². The van der Waals surface area contributed by atoms with Crippen LogP contribution in [-0.2, 0) is 11.8 Å². The molecule has 1 atom stereocenters. The maximum Gasteiger partial charge on any atom is 0.0541 e. The van der Waals surface area contributed by atoms with E-state index in [0.29, 0.717) is 5.92 Å². The number of aryl methyl sites for hydroxylation is 2. The zero-order valence-electron chi connectivity index (χ0n) is 32.7. The Bertz CT molecular complexity index is 2770. The summed E-state index contributed by atoms with van der Waals surface area (Å²) in [5.74, 6) is 0.423. The largest absolute Gasteiger partial charge is 0.309 e. The van der Waals surface area contributed by atoms with Crippen LogP contribution >= 0.6 is 11.3 Å². The molecule has 0 saturated heterocycles. The summed E-state index contributed by atoms with van der Waals surface area (Å²) in [4.78, 5) is 1.54. The lowest BCUT2D eigenvalue weighted by Crippen LogP contribution is -2.16. The summed E-state index contributed by atoms with van der Waals surface area (Å²) in [7, 11) is 0. The van der Waals surface area contributed by atoms with Gasteiger partial charge >= 0.3 is 0 Å². The molecule has 0 fully saturated rings. The molecule has 268 valence electrons. The third-order valence-corrected chi connectivity index (χ3v) is 13.6. The smallest absolute Gasteiger partial charge is 0.0541 e. The number of allylic oxidation sites excluding steroid dienone is 6. The summed E-state index contributed by atoms with van der Waals surface area (Å²) in [5, 5.41) is 4.05. The van der Waals surface area contributed by atoms with Crippen molar-refractivity contribution in [2.75, 3.05) is 0 Å². The lowest BCUT2D eigenvalue weighted by atomic mass is 9.80. The van der Waals surface area contributed by atoms with Crippen molar-refractivity contribution < 1.29 is 0 Å². The number of hydrogen-bond acceptors (Lipinski definition) is 1. The average Bonchev–Trinajstić information content (AvgIpc) is 3.80. The molecule has 5 aromatic carbocycles. The number of benzene rings is 5. The van der Waals surface area contributed by atoms with Crippen LogP contribution in [0.5, 0.6) is 0 Å². The Kier molecular flexibility index (Phi) is 8.51. The highest BCUT2D eigenvalue weighted by atomic mass is 32.1. The molecule has 2 aliphatic rings. The second-order valence-electron chi connectivity index (χ2n) is 15.9. The highest BCUT2D eigenvalue weighted by molar-refractivity contribution is 7.19. The van der Waals surface area contributed by atoms with Crippen LogP contribution in [0.2, 0.25) is 0 Å². The highest BCUT2D eigenvalue weighted by Gasteiger charge is 2.38. The maximum absolute atomic E-state index is 2.52. The Labute approximate surface area is 324 Å². The Hall–Kier alpha value is -5.18. The summed E-state index contributed by atoms with van der Waals surface area (Å²) in [6.45, 7) is 16.0. The van der Waals surface area contributed by atoms with Crippen molar-refractivity contribution in [3.8, 4) is 16.8 Å². The molecule has 2 heteroatoms. The van der Waals surface area contributed by atoms with Crippen LogP contribution < -0.4 is 0 Å². The van der Waals surface area contributed by atoms with Crippen molar-refractivity contribution in [2.45, 2.75) is 73.1 Å². The minimum absolute atomic E-state index is 0.127. The van der Waals surface area contributed by atoms with Crippen LogP contribution in [-0.4, -0.2) is 4.57 Å². The van der Waals surface area contributed by atoms with Gasteiger partial charge in [0.05, 0.1) is 11.0 Å². The number of aromatic nitrogens is 1. The molecule has 2 aliphatic carbocycles. The predicted octanol–water partition coefficient (Wildman–Crippen LogP) is 15.1. The number of thiophene rings is 1. The fourth-order valence-electron chi connectivity index (χ4n) is 9.32. The van der Waals surface area contributed by atoms with Crippen LogP contribution in [0.3, 0.4) is 0 Å². The van der Waals surface area contributed by atoms with Gasteiger partial charge in [-0.25, -0.2) is 0 Å². The second kappa shape index (κ2) is 13.3. The lowest BCUT2D eigenvalue weighted by Gasteiger charge is -2.24. The molecule has 1 nitrogen and oxygen atoms in total. The van der Waals surface area contributed by atoms with Gasteiger partial charge in [0.2, 0.25) is 0 Å². The minimum Gasteiger partial charge on any atom is -0.309 e. The molecule has 1 unspecified atom stereocenters. The van der Waals surface area contributed by atoms with Crippen molar-refractivity contribution in [3.05, 3.63) is 159 Å². The summed E-state index contributed by atoms with van der Waals surface area (Å²) in [6.07, 6.45) is 17.1. The molecule has 0 spiro atoms. The van der Waals surface area contributed by atoms with Crippen LogP contribution in [0.4, 0.5) is 0 Å². The first-order chi connectivity index (χ1) is 26.2. The van der Waals surface area contributed by atoms with Crippen molar-refractivity contribution in [1.29, 1.82) is 0 Å². The Morgan fingerprint density at radius 2 is 1.61 bits per heavy atom. The van der Waals surface area contributed by atoms with E-state index in [2.05, 4.69) is 180 Å². The van der Waals surface area contributed by atoms with E-state index in [1.807, 2.05) is 11.3 Å². The molecule has 0 amide bonds. The molecule has 54 heavy (non-hydrogen) atoms. The van der Waals surface area contributed by atoms with Crippen molar-refractivity contribution >= 4 is 66.5 Å². The van der Waals surface area contributed by atoms with Gasteiger partial charge in [-0.05, 0) is 150 Å². The van der Waals surface area contributed by atoms with E-state index in [0.717, 1.165) is 19.3 Å². The van der Waals surface area contributed by atoms with Crippen LogP contribution in [0, 0.1) is 12.8 Å². The molecule has 0 saturated carbocycles. The van der Waals surface area contributed by atoms with Gasteiger partial charge < -0.3 is 4.57 Å². The quantitative estimate of drug-likeness (QED) is 0.114. The zero-order chi connectivity index (χ0) is 37.3. The third-order valence-electron chi connectivity index (χ3n) is 12.4. The van der Waals surface area contributed by atoms with E-state index < -0.39 is 0 Å². The van der Waals surface area contributed by atoms with Gasteiger partial charge in [0.15, 0.2) is 0 Å². The number of rotatable bonds is 7. The van der Waals surface area contributed by atoms with Crippen molar-refractivity contribution in [1.82, 2.24) is 4.57 Å². The molecule has 0 radical (unpaired) electrons. The SMILES string of the molecule is C/C=C\C(=C/C)c1ccc2c(c1)c1cc(/C(=C/c3ccccc3C)C(C)CC)ccc1n2-c1ccc2c(c1)C(C)(C)c1c-2ccc2sc3c(c12)C=CCC3. The average molecular weight is 720 g/mol. The van der Waals surface area contributed by atoms with E-state index in [1.165, 1.54) is 104 Å². The van der Waals surface area contributed by atoms with E-state index >= 15 is 0 Å². The first kappa shape index (κ1) is 34.6. The second-order valence-corrected chi connectivity index (χ2v) is 17.0. The fraction of sp³-hybridized carbons (Fsp3) is 0.231. The standard InChI is InChI=1S/C52H49NS/c1-8-15-34(10-3)36-20-25-46-43(29-36)44-30-37(42(32(4)9-2)28-35-17-12-11-16-33(35)5)21-26-47(44)53(46)38-22-23-39-40-24-27-49-50(41-18-13-14-19-48(41)54-49)51(40)52(6,7)45(39)31-38/h8,10-13,15-18,20-32H,9,14,19H2,1-7H3/b15-8-,34-10+,42-28+. The molecular weight excluding hydrogens is 671 g/mol. The maximum atomic E-state index is 2.52. The molecule has 0 N–H and O–H groups in total. The van der Waals surface area contributed by atoms with Gasteiger partial charge in [-0.2, -0.15) is 0 Å². The zero-order valence-corrected chi connectivity index (χ0v) is 33.5. The van der Waals surface area contributed by atoms with Crippen LogP contribution in [0.25, 0.3) is 72.0 Å². The minimum atomic E-state index is -0.127. The first-order valence-electron chi connectivity index (χ1n) is 19.8. The Balaban J connectivity index is 1.26. The van der Waals surface area contributed by atoms with Crippen molar-refractivity contribution in [3.63, 3.8) is 0 Å². The Morgan fingerprint density at radius 1 is 0.870 bits per heavy atom. The molecule has 0 bridgehead atoms. The Morgan fingerprint density at radius 3 is 2.35 bits per heavy atom. The van der Waals surface area contributed by atoms with Gasteiger partial charge in [-0.15, -0.1) is 11.3 Å². The number of nitrogens with zero attached hydrogens (tertiary/aromatic N) is 1. The molecule has 9 rings (SSSR count). The van der Waals surface area contributed by atoms with E-state index in [4.69, 9.17) is 0 Å². The van der Waals surface area contributed by atoms with Crippen LogP contribution in [0.1, 0.15) is 98.2 Å². The number of fused-ring (bicyclic) bond motifs is 10. The van der Waals surface area contributed by atoms with Gasteiger partial charge in [0.25, 0.3) is 0 Å². The summed E-state index contributed by atoms with van der Waals surface area (Å²) >= 11 is 2.00. The van der Waals surface area contributed by atoms with Gasteiger partial charge in [-0.1, -0.05) is 113 Å². The predicted molar refractivity (Wildman–Crippen MR) is 238 cm³/mol.